The van der Waals surface area contributed by atoms with E-state index in [-0.39, 0.29) is 0 Å². The molecule has 0 aliphatic rings. The minimum absolute atomic E-state index is 1.05. The highest BCUT2D eigenvalue weighted by Gasteiger charge is 2.13. The van der Waals surface area contributed by atoms with E-state index in [0.717, 1.165) is 13.0 Å². The molecule has 2 aromatic carbocycles. The smallest absolute Gasteiger partial charge is 0.0470 e. The summed E-state index contributed by atoms with van der Waals surface area (Å²) in [5, 5.41) is 0. The van der Waals surface area contributed by atoms with E-state index in [0.29, 0.717) is 0 Å². The largest absolute Gasteiger partial charge is 0.341 e. The second-order valence-electron chi connectivity index (χ2n) is 5.73. The van der Waals surface area contributed by atoms with Gasteiger partial charge in [-0.1, -0.05) is 42.3 Å². The van der Waals surface area contributed by atoms with Crippen LogP contribution in [0.3, 0.4) is 0 Å². The molecule has 0 aliphatic carbocycles. The molecule has 0 saturated carbocycles. The van der Waals surface area contributed by atoms with E-state index < -0.39 is 0 Å². The lowest BCUT2D eigenvalue weighted by atomic mass is 10.0. The third-order valence-electron chi connectivity index (χ3n) is 3.70. The molecule has 0 radical (unpaired) electrons. The molecule has 0 bridgehead atoms. The zero-order chi connectivity index (χ0) is 14.7. The van der Waals surface area contributed by atoms with Gasteiger partial charge in [-0.2, -0.15) is 0 Å². The third kappa shape index (κ3) is 3.04. The van der Waals surface area contributed by atoms with Crippen molar-refractivity contribution in [3.05, 3.63) is 58.7 Å². The lowest BCUT2D eigenvalue weighted by Gasteiger charge is -2.28. The van der Waals surface area contributed by atoms with Crippen molar-refractivity contribution in [3.8, 4) is 0 Å². The first-order valence-electron chi connectivity index (χ1n) is 7.45. The highest BCUT2D eigenvalue weighted by atomic mass is 15.1. The number of aryl methyl sites for hydroxylation is 4. The van der Waals surface area contributed by atoms with Crippen molar-refractivity contribution in [2.45, 2.75) is 41.0 Å². The highest BCUT2D eigenvalue weighted by molar-refractivity contribution is 5.70. The fourth-order valence-electron chi connectivity index (χ4n) is 2.92. The topological polar surface area (TPSA) is 3.24 Å². The van der Waals surface area contributed by atoms with E-state index in [1.807, 2.05) is 0 Å². The first-order valence-corrected chi connectivity index (χ1v) is 7.45. The maximum Gasteiger partial charge on any atom is 0.0470 e. The zero-order valence-corrected chi connectivity index (χ0v) is 13.3. The number of rotatable bonds is 4. The molecule has 0 aliphatic heterocycles. The van der Waals surface area contributed by atoms with Crippen LogP contribution in [0.25, 0.3) is 0 Å². The maximum absolute atomic E-state index is 2.45. The molecule has 1 nitrogen and oxygen atoms in total. The molecular weight excluding hydrogens is 242 g/mol. The van der Waals surface area contributed by atoms with Gasteiger partial charge in [0, 0.05) is 17.9 Å². The Labute approximate surface area is 123 Å². The van der Waals surface area contributed by atoms with Crippen LogP contribution in [0.5, 0.6) is 0 Å². The van der Waals surface area contributed by atoms with Gasteiger partial charge in [0.05, 0.1) is 0 Å². The molecule has 2 rings (SSSR count). The summed E-state index contributed by atoms with van der Waals surface area (Å²) >= 11 is 0. The summed E-state index contributed by atoms with van der Waals surface area (Å²) in [5.41, 5.74) is 8.01. The van der Waals surface area contributed by atoms with Gasteiger partial charge in [-0.05, 0) is 57.4 Å². The van der Waals surface area contributed by atoms with Crippen LogP contribution in [-0.2, 0) is 0 Å². The maximum atomic E-state index is 2.45. The predicted octanol–water partition coefficient (Wildman–Crippen LogP) is 5.47. The Morgan fingerprint density at radius 3 is 1.85 bits per heavy atom. The Morgan fingerprint density at radius 2 is 1.35 bits per heavy atom. The lowest BCUT2D eigenvalue weighted by Crippen LogP contribution is -2.20. The normalized spacial score (nSPS) is 10.7. The van der Waals surface area contributed by atoms with E-state index in [1.54, 1.807) is 0 Å². The minimum Gasteiger partial charge on any atom is -0.341 e. The standard InChI is InChI=1S/C19H25N/c1-6-11-20(18-9-7-14(2)8-10-18)19-16(4)12-15(3)13-17(19)5/h7-10,12-13H,6,11H2,1-5H3. The van der Waals surface area contributed by atoms with Crippen molar-refractivity contribution in [2.24, 2.45) is 0 Å². The molecule has 2 aromatic rings. The minimum atomic E-state index is 1.05. The molecular formula is C19H25N. The van der Waals surface area contributed by atoms with Gasteiger partial charge in [0.25, 0.3) is 0 Å². The average Bonchev–Trinajstić information content (AvgIpc) is 2.37. The summed E-state index contributed by atoms with van der Waals surface area (Å²) < 4.78 is 0. The number of benzene rings is 2. The van der Waals surface area contributed by atoms with Crippen molar-refractivity contribution < 1.29 is 0 Å². The quantitative estimate of drug-likeness (QED) is 0.710. The van der Waals surface area contributed by atoms with Crippen molar-refractivity contribution in [1.82, 2.24) is 0 Å². The van der Waals surface area contributed by atoms with Crippen LogP contribution in [0, 0.1) is 27.7 Å². The fraction of sp³-hybridized carbons (Fsp3) is 0.368. The summed E-state index contributed by atoms with van der Waals surface area (Å²) in [5.74, 6) is 0. The van der Waals surface area contributed by atoms with E-state index in [4.69, 9.17) is 0 Å². The highest BCUT2D eigenvalue weighted by Crippen LogP contribution is 2.32. The summed E-state index contributed by atoms with van der Waals surface area (Å²) in [6.45, 7) is 12.0. The molecule has 0 atom stereocenters. The van der Waals surface area contributed by atoms with Gasteiger partial charge in [0.2, 0.25) is 0 Å². The summed E-state index contributed by atoms with van der Waals surface area (Å²) in [6, 6.07) is 13.4. The van der Waals surface area contributed by atoms with Crippen molar-refractivity contribution >= 4 is 11.4 Å². The number of hydrogen-bond donors (Lipinski definition) is 0. The third-order valence-corrected chi connectivity index (χ3v) is 3.70. The van der Waals surface area contributed by atoms with Gasteiger partial charge in [0.15, 0.2) is 0 Å². The number of anilines is 2. The van der Waals surface area contributed by atoms with Crippen LogP contribution in [0.2, 0.25) is 0 Å². The van der Waals surface area contributed by atoms with Gasteiger partial charge in [-0.15, -0.1) is 0 Å². The van der Waals surface area contributed by atoms with Crippen LogP contribution >= 0.6 is 0 Å². The van der Waals surface area contributed by atoms with E-state index in [9.17, 15) is 0 Å². The summed E-state index contributed by atoms with van der Waals surface area (Å²) in [6.07, 6.45) is 1.14. The molecule has 0 unspecified atom stereocenters. The molecule has 0 heterocycles. The molecule has 0 aromatic heterocycles. The van der Waals surface area contributed by atoms with Gasteiger partial charge in [0.1, 0.15) is 0 Å². The molecule has 0 saturated heterocycles. The SMILES string of the molecule is CCCN(c1ccc(C)cc1)c1c(C)cc(C)cc1C. The van der Waals surface area contributed by atoms with Crippen LogP contribution in [0.15, 0.2) is 36.4 Å². The Kier molecular flexibility index (Phi) is 4.49. The second-order valence-corrected chi connectivity index (χ2v) is 5.73. The lowest BCUT2D eigenvalue weighted by molar-refractivity contribution is 0.878. The summed E-state index contributed by atoms with van der Waals surface area (Å²) in [4.78, 5) is 2.45. The van der Waals surface area contributed by atoms with Crippen molar-refractivity contribution in [1.29, 1.82) is 0 Å². The van der Waals surface area contributed by atoms with Crippen LogP contribution < -0.4 is 4.90 Å². The average molecular weight is 267 g/mol. The monoisotopic (exact) mass is 267 g/mol. The number of hydrogen-bond acceptors (Lipinski definition) is 1. The second kappa shape index (κ2) is 6.13. The van der Waals surface area contributed by atoms with Gasteiger partial charge >= 0.3 is 0 Å². The van der Waals surface area contributed by atoms with Gasteiger partial charge in [-0.3, -0.25) is 0 Å². The van der Waals surface area contributed by atoms with Crippen molar-refractivity contribution in [2.75, 3.05) is 11.4 Å². The molecule has 1 heteroatoms. The van der Waals surface area contributed by atoms with Gasteiger partial charge in [-0.25, -0.2) is 0 Å². The van der Waals surface area contributed by atoms with Crippen LogP contribution in [0.1, 0.15) is 35.6 Å². The molecule has 0 fully saturated rings. The van der Waals surface area contributed by atoms with E-state index >= 15 is 0 Å². The first kappa shape index (κ1) is 14.6. The summed E-state index contributed by atoms with van der Waals surface area (Å²) in [7, 11) is 0. The Morgan fingerprint density at radius 1 is 0.800 bits per heavy atom. The molecule has 0 amide bonds. The Bertz CT molecular complexity index is 558. The Hall–Kier alpha value is -1.76. The molecule has 0 spiro atoms. The predicted molar refractivity (Wildman–Crippen MR) is 89.1 cm³/mol. The fourth-order valence-corrected chi connectivity index (χ4v) is 2.92. The molecule has 106 valence electrons. The van der Waals surface area contributed by atoms with Crippen LogP contribution in [0.4, 0.5) is 11.4 Å². The first-order chi connectivity index (χ1) is 9.52. The van der Waals surface area contributed by atoms with E-state index in [1.165, 1.54) is 33.6 Å². The van der Waals surface area contributed by atoms with Crippen molar-refractivity contribution in [3.63, 3.8) is 0 Å². The van der Waals surface area contributed by atoms with Gasteiger partial charge < -0.3 is 4.90 Å². The van der Waals surface area contributed by atoms with Crippen LogP contribution in [-0.4, -0.2) is 6.54 Å². The number of nitrogens with zero attached hydrogens (tertiary/aromatic N) is 1. The molecule has 0 N–H and O–H groups in total. The zero-order valence-electron chi connectivity index (χ0n) is 13.3. The Balaban J connectivity index is 2.51. The van der Waals surface area contributed by atoms with E-state index in [2.05, 4.69) is 75.9 Å². The molecule has 20 heavy (non-hydrogen) atoms.